The van der Waals surface area contributed by atoms with Gasteiger partial charge in [0, 0.05) is 18.6 Å². The quantitative estimate of drug-likeness (QED) is 0.715. The van der Waals surface area contributed by atoms with Crippen LogP contribution in [0.2, 0.25) is 0 Å². The van der Waals surface area contributed by atoms with E-state index in [0.717, 1.165) is 45.4 Å². The van der Waals surface area contributed by atoms with Gasteiger partial charge in [-0.15, -0.1) is 6.42 Å². The van der Waals surface area contributed by atoms with Crippen LogP contribution in [0.5, 0.6) is 0 Å². The summed E-state index contributed by atoms with van der Waals surface area (Å²) < 4.78 is 6.11. The molecule has 2 unspecified atom stereocenters. The van der Waals surface area contributed by atoms with E-state index in [1.807, 2.05) is 0 Å². The Balaban J connectivity index is 2.29. The highest BCUT2D eigenvalue weighted by molar-refractivity contribution is 4.89. The first-order chi connectivity index (χ1) is 8.94. The van der Waals surface area contributed by atoms with Crippen LogP contribution >= 0.6 is 0 Å². The molecular weight excluding hydrogens is 236 g/mol. The van der Waals surface area contributed by atoms with Crippen LogP contribution in [0.15, 0.2) is 0 Å². The average molecular weight is 266 g/mol. The molecule has 0 aromatic rings. The van der Waals surface area contributed by atoms with Crippen molar-refractivity contribution in [2.75, 3.05) is 26.2 Å². The molecule has 2 atom stereocenters. The molecule has 0 saturated carbocycles. The summed E-state index contributed by atoms with van der Waals surface area (Å²) in [6, 6.07) is 0. The van der Waals surface area contributed by atoms with Crippen LogP contribution < -0.4 is 5.32 Å². The molecule has 3 heteroatoms. The minimum atomic E-state index is 0.166. The summed E-state index contributed by atoms with van der Waals surface area (Å²) in [6.07, 6.45) is 9.58. The zero-order valence-electron chi connectivity index (χ0n) is 13.0. The number of nitrogens with zero attached hydrogens (tertiary/aromatic N) is 1. The molecular formula is C16H30N2O. The van der Waals surface area contributed by atoms with Crippen molar-refractivity contribution in [2.45, 2.75) is 64.7 Å². The van der Waals surface area contributed by atoms with E-state index in [2.05, 4.69) is 43.8 Å². The van der Waals surface area contributed by atoms with Crippen LogP contribution in [0.4, 0.5) is 0 Å². The molecule has 3 nitrogen and oxygen atoms in total. The van der Waals surface area contributed by atoms with Gasteiger partial charge in [0.2, 0.25) is 0 Å². The zero-order valence-corrected chi connectivity index (χ0v) is 13.0. The summed E-state index contributed by atoms with van der Waals surface area (Å²) >= 11 is 0. The predicted octanol–water partition coefficient (Wildman–Crippen LogP) is 2.27. The van der Waals surface area contributed by atoms with Gasteiger partial charge in [-0.05, 0) is 46.6 Å². The number of hydrogen-bond acceptors (Lipinski definition) is 3. The molecule has 1 N–H and O–H groups in total. The van der Waals surface area contributed by atoms with Crippen LogP contribution in [-0.4, -0.2) is 48.8 Å². The molecule has 0 spiro atoms. The monoisotopic (exact) mass is 266 g/mol. The van der Waals surface area contributed by atoms with Gasteiger partial charge in [0.15, 0.2) is 0 Å². The van der Waals surface area contributed by atoms with Gasteiger partial charge in [-0.2, -0.15) is 0 Å². The first-order valence-electron chi connectivity index (χ1n) is 7.51. The number of terminal acetylenes is 1. The lowest BCUT2D eigenvalue weighted by Gasteiger charge is -2.25. The Kier molecular flexibility index (Phi) is 6.85. The van der Waals surface area contributed by atoms with Gasteiger partial charge in [-0.25, -0.2) is 0 Å². The Hall–Kier alpha value is -0.560. The third-order valence-electron chi connectivity index (χ3n) is 3.37. The van der Waals surface area contributed by atoms with Gasteiger partial charge >= 0.3 is 0 Å². The van der Waals surface area contributed by atoms with Gasteiger partial charge in [-0.3, -0.25) is 4.90 Å². The molecule has 0 aromatic carbocycles. The Morgan fingerprint density at radius 2 is 2.00 bits per heavy atom. The van der Waals surface area contributed by atoms with Crippen LogP contribution in [0.1, 0.15) is 47.0 Å². The second-order valence-electron chi connectivity index (χ2n) is 6.53. The maximum atomic E-state index is 6.11. The topological polar surface area (TPSA) is 24.5 Å². The number of hydrogen-bond donors (Lipinski definition) is 1. The molecule has 1 aliphatic rings. The highest BCUT2D eigenvalue weighted by Crippen LogP contribution is 2.20. The Morgan fingerprint density at radius 1 is 1.32 bits per heavy atom. The second kappa shape index (κ2) is 7.89. The van der Waals surface area contributed by atoms with Gasteiger partial charge < -0.3 is 10.1 Å². The van der Waals surface area contributed by atoms with Gasteiger partial charge in [0.05, 0.1) is 18.8 Å². The fraction of sp³-hybridized carbons (Fsp3) is 0.875. The summed E-state index contributed by atoms with van der Waals surface area (Å²) in [7, 11) is 0. The molecule has 0 bridgehead atoms. The third-order valence-corrected chi connectivity index (χ3v) is 3.37. The summed E-state index contributed by atoms with van der Waals surface area (Å²) in [5, 5.41) is 3.52. The van der Waals surface area contributed by atoms with E-state index >= 15 is 0 Å². The van der Waals surface area contributed by atoms with Crippen molar-refractivity contribution in [3.8, 4) is 12.3 Å². The van der Waals surface area contributed by atoms with Gasteiger partial charge in [0.1, 0.15) is 0 Å². The molecule has 1 fully saturated rings. The lowest BCUT2D eigenvalue weighted by Crippen LogP contribution is -2.41. The maximum absolute atomic E-state index is 6.11. The SMILES string of the molecule is C#CCN(CCC)CC1CCC(CNC(C)(C)C)O1. The van der Waals surface area contributed by atoms with E-state index in [1.54, 1.807) is 0 Å². The number of nitrogens with one attached hydrogen (secondary N) is 1. The van der Waals surface area contributed by atoms with Crippen molar-refractivity contribution in [1.82, 2.24) is 10.2 Å². The molecule has 1 saturated heterocycles. The normalized spacial score (nSPS) is 23.8. The maximum Gasteiger partial charge on any atom is 0.0707 e. The highest BCUT2D eigenvalue weighted by Gasteiger charge is 2.27. The van der Waals surface area contributed by atoms with E-state index in [0.29, 0.717) is 12.2 Å². The molecule has 19 heavy (non-hydrogen) atoms. The van der Waals surface area contributed by atoms with E-state index in [4.69, 9.17) is 11.2 Å². The van der Waals surface area contributed by atoms with E-state index < -0.39 is 0 Å². The molecule has 110 valence electrons. The Morgan fingerprint density at radius 3 is 2.58 bits per heavy atom. The summed E-state index contributed by atoms with van der Waals surface area (Å²) in [5.41, 5.74) is 0.166. The van der Waals surface area contributed by atoms with Crippen molar-refractivity contribution in [2.24, 2.45) is 0 Å². The average Bonchev–Trinajstić information content (AvgIpc) is 2.74. The molecule has 0 amide bonds. The predicted molar refractivity (Wildman–Crippen MR) is 81.2 cm³/mol. The largest absolute Gasteiger partial charge is 0.372 e. The molecule has 1 heterocycles. The zero-order chi connectivity index (χ0) is 14.3. The van der Waals surface area contributed by atoms with E-state index in [1.165, 1.54) is 0 Å². The van der Waals surface area contributed by atoms with Crippen LogP contribution in [0.25, 0.3) is 0 Å². The molecule has 1 aliphatic heterocycles. The number of rotatable bonds is 7. The van der Waals surface area contributed by atoms with E-state index in [9.17, 15) is 0 Å². The van der Waals surface area contributed by atoms with E-state index in [-0.39, 0.29) is 5.54 Å². The minimum Gasteiger partial charge on any atom is -0.372 e. The smallest absolute Gasteiger partial charge is 0.0707 e. The van der Waals surface area contributed by atoms with Crippen LogP contribution in [0.3, 0.4) is 0 Å². The van der Waals surface area contributed by atoms with Crippen molar-refractivity contribution in [1.29, 1.82) is 0 Å². The Bertz CT molecular complexity index is 290. The first-order valence-corrected chi connectivity index (χ1v) is 7.51. The standard InChI is InChI=1S/C16H30N2O/c1-6-10-18(11-7-2)13-15-9-8-14(19-15)12-17-16(3,4)5/h1,14-15,17H,7-13H2,2-5H3. The molecule has 1 rings (SSSR count). The fourth-order valence-corrected chi connectivity index (χ4v) is 2.45. The van der Waals surface area contributed by atoms with Gasteiger partial charge in [0.25, 0.3) is 0 Å². The molecule has 0 radical (unpaired) electrons. The van der Waals surface area contributed by atoms with Crippen LogP contribution in [0, 0.1) is 12.3 Å². The highest BCUT2D eigenvalue weighted by atomic mass is 16.5. The summed E-state index contributed by atoms with van der Waals surface area (Å²) in [4.78, 5) is 2.32. The second-order valence-corrected chi connectivity index (χ2v) is 6.53. The number of ether oxygens (including phenoxy) is 1. The van der Waals surface area contributed by atoms with Gasteiger partial charge in [-0.1, -0.05) is 12.8 Å². The van der Waals surface area contributed by atoms with Crippen LogP contribution in [-0.2, 0) is 4.74 Å². The first kappa shape index (κ1) is 16.5. The summed E-state index contributed by atoms with van der Waals surface area (Å²) in [6.45, 7) is 12.5. The summed E-state index contributed by atoms with van der Waals surface area (Å²) in [5.74, 6) is 2.74. The lowest BCUT2D eigenvalue weighted by atomic mass is 10.1. The Labute approximate surface area is 119 Å². The van der Waals surface area contributed by atoms with Crippen molar-refractivity contribution < 1.29 is 4.74 Å². The van der Waals surface area contributed by atoms with Crippen molar-refractivity contribution in [3.63, 3.8) is 0 Å². The lowest BCUT2D eigenvalue weighted by molar-refractivity contribution is 0.0232. The van der Waals surface area contributed by atoms with Crippen molar-refractivity contribution in [3.05, 3.63) is 0 Å². The third kappa shape index (κ3) is 6.96. The molecule has 0 aromatic heterocycles. The minimum absolute atomic E-state index is 0.166. The molecule has 0 aliphatic carbocycles. The fourth-order valence-electron chi connectivity index (χ4n) is 2.45. The van der Waals surface area contributed by atoms with Crippen molar-refractivity contribution >= 4 is 0 Å².